The monoisotopic (exact) mass is 472 g/mol. The molecule has 8 heteroatoms. The molecule has 3 aliphatic rings. The minimum absolute atomic E-state index is 0.110. The first-order valence-corrected chi connectivity index (χ1v) is 12.5. The van der Waals surface area contributed by atoms with Gasteiger partial charge in [-0.15, -0.1) is 11.8 Å². The van der Waals surface area contributed by atoms with E-state index in [1.165, 1.54) is 25.8 Å². The molecule has 1 fully saturated rings. The summed E-state index contributed by atoms with van der Waals surface area (Å²) in [6.45, 7) is 0.423. The number of pyridine rings is 1. The van der Waals surface area contributed by atoms with Crippen LogP contribution in [0.4, 0.5) is 4.79 Å². The van der Waals surface area contributed by atoms with E-state index in [9.17, 15) is 14.4 Å². The number of aromatic nitrogens is 2. The molecule has 2 aliphatic heterocycles. The number of urea groups is 1. The van der Waals surface area contributed by atoms with E-state index in [0.29, 0.717) is 11.3 Å². The minimum atomic E-state index is -0.330. The number of benzene rings is 1. The second kappa shape index (κ2) is 8.43. The maximum absolute atomic E-state index is 13.7. The number of hydrogen-bond acceptors (Lipinski definition) is 5. The van der Waals surface area contributed by atoms with Gasteiger partial charge in [-0.05, 0) is 53.9 Å². The minimum Gasteiger partial charge on any atom is -0.305 e. The van der Waals surface area contributed by atoms with Crippen LogP contribution in [0.2, 0.25) is 0 Å². The molecule has 0 N–H and O–H groups in total. The number of rotatable bonds is 4. The van der Waals surface area contributed by atoms with Crippen molar-refractivity contribution in [2.45, 2.75) is 44.1 Å². The molecule has 3 aromatic rings. The second-order valence-corrected chi connectivity index (χ2v) is 10.2. The Hall–Kier alpha value is -3.39. The molecule has 2 atom stereocenters. The highest BCUT2D eigenvalue weighted by Gasteiger charge is 2.52. The highest BCUT2D eigenvalue weighted by molar-refractivity contribution is 8.04. The summed E-state index contributed by atoms with van der Waals surface area (Å²) in [4.78, 5) is 49.1. The van der Waals surface area contributed by atoms with Gasteiger partial charge >= 0.3 is 6.03 Å². The molecule has 172 valence electrons. The van der Waals surface area contributed by atoms with Gasteiger partial charge in [0.1, 0.15) is 5.65 Å². The largest absolute Gasteiger partial charge is 0.328 e. The van der Waals surface area contributed by atoms with Crippen molar-refractivity contribution in [1.29, 1.82) is 0 Å². The van der Waals surface area contributed by atoms with Gasteiger partial charge in [-0.2, -0.15) is 0 Å². The van der Waals surface area contributed by atoms with Crippen LogP contribution in [0.3, 0.4) is 0 Å². The number of allylic oxidation sites excluding steroid dienone is 1. The van der Waals surface area contributed by atoms with Gasteiger partial charge in [0, 0.05) is 12.3 Å². The predicted octanol–water partition coefficient (Wildman–Crippen LogP) is 4.18. The maximum Gasteiger partial charge on any atom is 0.328 e. The van der Waals surface area contributed by atoms with Crippen molar-refractivity contribution in [2.75, 3.05) is 0 Å². The molecule has 7 nitrogen and oxygen atoms in total. The Labute approximate surface area is 201 Å². The first-order valence-electron chi connectivity index (χ1n) is 11.6. The molecule has 3 amide bonds. The van der Waals surface area contributed by atoms with Crippen molar-refractivity contribution in [1.82, 2.24) is 19.2 Å². The SMILES string of the molecule is O=C1C2C3=C(CCCC3)SC2N(Cc2cc(=O)n3ccccc3n2)C(=O)N1Cc1ccccc1. The van der Waals surface area contributed by atoms with Gasteiger partial charge in [-0.3, -0.25) is 18.9 Å². The number of thioether (sulfide) groups is 1. The number of hydrogen-bond donors (Lipinski definition) is 0. The standard InChI is InChI=1S/C26H24N4O3S/c31-22-14-18(27-21-12-6-7-13-28(21)22)16-30-25-23(19-10-4-5-11-20(19)34-25)24(32)29(26(30)33)15-17-8-2-1-3-9-17/h1-3,6-9,12-14,23,25H,4-5,10-11,15-16H2. The van der Waals surface area contributed by atoms with Crippen molar-refractivity contribution in [2.24, 2.45) is 5.92 Å². The molecular weight excluding hydrogens is 448 g/mol. The van der Waals surface area contributed by atoms with E-state index in [-0.39, 0.29) is 41.9 Å². The van der Waals surface area contributed by atoms with Crippen LogP contribution in [0.25, 0.3) is 5.65 Å². The van der Waals surface area contributed by atoms with E-state index in [4.69, 9.17) is 0 Å². The Morgan fingerprint density at radius 1 is 0.941 bits per heavy atom. The van der Waals surface area contributed by atoms with Crippen molar-refractivity contribution in [3.8, 4) is 0 Å². The third-order valence-electron chi connectivity index (χ3n) is 6.84. The summed E-state index contributed by atoms with van der Waals surface area (Å²) in [5.74, 6) is -0.440. The van der Waals surface area contributed by atoms with Gasteiger partial charge < -0.3 is 4.90 Å². The van der Waals surface area contributed by atoms with E-state index in [2.05, 4.69) is 4.98 Å². The van der Waals surface area contributed by atoms with Crippen molar-refractivity contribution >= 4 is 29.3 Å². The van der Waals surface area contributed by atoms with Gasteiger partial charge in [-0.1, -0.05) is 36.4 Å². The van der Waals surface area contributed by atoms with Gasteiger partial charge in [0.05, 0.1) is 30.1 Å². The molecule has 2 unspecified atom stereocenters. The Morgan fingerprint density at radius 2 is 1.74 bits per heavy atom. The topological polar surface area (TPSA) is 75.0 Å². The number of nitrogens with zero attached hydrogens (tertiary/aromatic N) is 4. The quantitative estimate of drug-likeness (QED) is 0.570. The molecule has 6 rings (SSSR count). The summed E-state index contributed by atoms with van der Waals surface area (Å²) in [6, 6.07) is 16.2. The number of fused-ring (bicyclic) bond motifs is 3. The molecule has 2 aromatic heterocycles. The summed E-state index contributed by atoms with van der Waals surface area (Å²) >= 11 is 1.66. The Bertz CT molecular complexity index is 1380. The van der Waals surface area contributed by atoms with Gasteiger partial charge in [0.25, 0.3) is 5.56 Å². The third kappa shape index (κ3) is 3.53. The highest BCUT2D eigenvalue weighted by atomic mass is 32.2. The van der Waals surface area contributed by atoms with Crippen molar-refractivity contribution < 1.29 is 9.59 Å². The zero-order valence-electron chi connectivity index (χ0n) is 18.6. The average Bonchev–Trinajstić information content (AvgIpc) is 3.25. The summed E-state index contributed by atoms with van der Waals surface area (Å²) < 4.78 is 1.49. The van der Waals surface area contributed by atoms with Crippen LogP contribution in [-0.4, -0.2) is 36.5 Å². The molecular formula is C26H24N4O3S. The van der Waals surface area contributed by atoms with Crippen LogP contribution in [0.5, 0.6) is 0 Å². The molecule has 0 bridgehead atoms. The molecule has 4 heterocycles. The van der Waals surface area contributed by atoms with E-state index in [1.54, 1.807) is 35.0 Å². The first kappa shape index (κ1) is 21.2. The van der Waals surface area contributed by atoms with Crippen LogP contribution in [-0.2, 0) is 17.9 Å². The fourth-order valence-corrected chi connectivity index (χ4v) is 6.86. The Kier molecular flexibility index (Phi) is 5.25. The van der Waals surface area contributed by atoms with E-state index in [0.717, 1.165) is 31.2 Å². The molecule has 1 aliphatic carbocycles. The van der Waals surface area contributed by atoms with E-state index >= 15 is 0 Å². The third-order valence-corrected chi connectivity index (χ3v) is 8.36. The number of carbonyl (C=O) groups excluding carboxylic acids is 2. The maximum atomic E-state index is 13.7. The number of imide groups is 1. The fraction of sp³-hybridized carbons (Fsp3) is 0.308. The highest BCUT2D eigenvalue weighted by Crippen LogP contribution is 2.52. The number of carbonyl (C=O) groups is 2. The molecule has 0 radical (unpaired) electrons. The lowest BCUT2D eigenvalue weighted by Crippen LogP contribution is -2.59. The fourth-order valence-electron chi connectivity index (χ4n) is 5.22. The molecule has 0 saturated carbocycles. The van der Waals surface area contributed by atoms with Gasteiger partial charge in [0.2, 0.25) is 5.91 Å². The molecule has 0 spiro atoms. The molecule has 1 aromatic carbocycles. The Morgan fingerprint density at radius 3 is 2.59 bits per heavy atom. The van der Waals surface area contributed by atoms with Crippen LogP contribution in [0.15, 0.2) is 76.1 Å². The predicted molar refractivity (Wildman–Crippen MR) is 130 cm³/mol. The summed E-state index contributed by atoms with van der Waals surface area (Å²) in [5.41, 5.74) is 3.00. The van der Waals surface area contributed by atoms with Crippen molar-refractivity contribution in [3.05, 3.63) is 92.9 Å². The molecule has 1 saturated heterocycles. The average molecular weight is 473 g/mol. The second-order valence-electron chi connectivity index (χ2n) is 8.98. The zero-order valence-corrected chi connectivity index (χ0v) is 19.4. The first-order chi connectivity index (χ1) is 16.6. The molecule has 34 heavy (non-hydrogen) atoms. The Balaban J connectivity index is 1.38. The number of amides is 3. The van der Waals surface area contributed by atoms with Gasteiger partial charge in [0.15, 0.2) is 0 Å². The van der Waals surface area contributed by atoms with Crippen LogP contribution in [0, 0.1) is 5.92 Å². The van der Waals surface area contributed by atoms with E-state index < -0.39 is 0 Å². The summed E-state index contributed by atoms with van der Waals surface area (Å²) in [6.07, 6.45) is 5.75. The normalized spacial score (nSPS) is 22.4. The van der Waals surface area contributed by atoms with Gasteiger partial charge in [-0.25, -0.2) is 9.78 Å². The van der Waals surface area contributed by atoms with Crippen LogP contribution < -0.4 is 5.56 Å². The van der Waals surface area contributed by atoms with Crippen LogP contribution in [0.1, 0.15) is 36.9 Å². The smallest absolute Gasteiger partial charge is 0.305 e. The zero-order chi connectivity index (χ0) is 23.2. The summed E-state index contributed by atoms with van der Waals surface area (Å²) in [5, 5.41) is -0.286. The van der Waals surface area contributed by atoms with E-state index in [1.807, 2.05) is 36.4 Å². The van der Waals surface area contributed by atoms with Crippen molar-refractivity contribution in [3.63, 3.8) is 0 Å². The lowest BCUT2D eigenvalue weighted by molar-refractivity contribution is -0.136. The lowest BCUT2D eigenvalue weighted by atomic mass is 9.86. The summed E-state index contributed by atoms with van der Waals surface area (Å²) in [7, 11) is 0. The lowest BCUT2D eigenvalue weighted by Gasteiger charge is -2.42. The van der Waals surface area contributed by atoms with Crippen LogP contribution >= 0.6 is 11.8 Å².